The van der Waals surface area contributed by atoms with Crippen molar-refractivity contribution >= 4 is 35.1 Å². The molecule has 0 aliphatic rings. The Labute approximate surface area is 188 Å². The first-order valence-electron chi connectivity index (χ1n) is 9.39. The van der Waals surface area contributed by atoms with E-state index in [4.69, 9.17) is 32.4 Å². The van der Waals surface area contributed by atoms with Crippen LogP contribution in [0.2, 0.25) is 10.0 Å². The highest BCUT2D eigenvalue weighted by molar-refractivity contribution is 6.31. The van der Waals surface area contributed by atoms with Crippen molar-refractivity contribution in [2.24, 2.45) is 0 Å². The molecule has 0 unspecified atom stereocenters. The summed E-state index contributed by atoms with van der Waals surface area (Å²) in [4.78, 5) is 16.5. The Balaban J connectivity index is 1.33. The van der Waals surface area contributed by atoms with E-state index in [-0.39, 0.29) is 18.3 Å². The normalized spacial score (nSPS) is 10.8. The lowest BCUT2D eigenvalue weighted by Crippen LogP contribution is -2.12. The van der Waals surface area contributed by atoms with Crippen LogP contribution in [0.25, 0.3) is 0 Å². The van der Waals surface area contributed by atoms with E-state index >= 15 is 0 Å². The molecule has 4 aromatic rings. The lowest BCUT2D eigenvalue weighted by molar-refractivity contribution is 0.0991. The largest absolute Gasteiger partial charge is 0.486 e. The highest BCUT2D eigenvalue weighted by atomic mass is 35.5. The molecule has 0 aliphatic carbocycles. The fraction of sp³-hybridized carbons (Fsp3) is 0.136. The van der Waals surface area contributed by atoms with Crippen molar-refractivity contribution in [3.8, 4) is 5.75 Å². The van der Waals surface area contributed by atoms with Gasteiger partial charge >= 0.3 is 0 Å². The van der Waals surface area contributed by atoms with Crippen LogP contribution in [0.15, 0.2) is 65.3 Å². The molecule has 0 bridgehead atoms. The predicted molar refractivity (Wildman–Crippen MR) is 118 cm³/mol. The van der Waals surface area contributed by atoms with Gasteiger partial charge in [-0.25, -0.2) is 9.67 Å². The molecule has 0 saturated carbocycles. The number of aryl methyl sites for hydroxylation is 1. The van der Waals surface area contributed by atoms with E-state index in [1.54, 1.807) is 35.0 Å². The maximum Gasteiger partial charge on any atom is 0.293 e. The van der Waals surface area contributed by atoms with Gasteiger partial charge in [0.05, 0.1) is 6.54 Å². The SMILES string of the molecule is Cc1cc(OCc2ccc(C(=O)Nc3ncn(Cc4cccc(Cl)c4)n3)o2)ccc1Cl. The maximum absolute atomic E-state index is 12.4. The third-order valence-electron chi connectivity index (χ3n) is 4.39. The summed E-state index contributed by atoms with van der Waals surface area (Å²) in [6, 6.07) is 16.1. The first-order chi connectivity index (χ1) is 15.0. The Morgan fingerprint density at radius 2 is 2.03 bits per heavy atom. The smallest absolute Gasteiger partial charge is 0.293 e. The molecule has 2 aromatic carbocycles. The molecular formula is C22H18Cl2N4O3. The minimum atomic E-state index is -0.450. The van der Waals surface area contributed by atoms with Gasteiger partial charge in [0.1, 0.15) is 24.4 Å². The highest BCUT2D eigenvalue weighted by Gasteiger charge is 2.14. The van der Waals surface area contributed by atoms with Crippen molar-refractivity contribution in [3.05, 3.63) is 93.6 Å². The molecule has 1 amide bonds. The quantitative estimate of drug-likeness (QED) is 0.404. The van der Waals surface area contributed by atoms with Crippen LogP contribution in [0.5, 0.6) is 5.75 Å². The molecule has 158 valence electrons. The van der Waals surface area contributed by atoms with Gasteiger partial charge in [-0.3, -0.25) is 10.1 Å². The minimum Gasteiger partial charge on any atom is -0.486 e. The summed E-state index contributed by atoms with van der Waals surface area (Å²) < 4.78 is 12.9. The lowest BCUT2D eigenvalue weighted by atomic mass is 10.2. The van der Waals surface area contributed by atoms with Crippen molar-refractivity contribution < 1.29 is 13.9 Å². The molecular weight excluding hydrogens is 439 g/mol. The number of carbonyl (C=O) groups is 1. The van der Waals surface area contributed by atoms with Gasteiger partial charge in [0.15, 0.2) is 5.76 Å². The van der Waals surface area contributed by atoms with Crippen molar-refractivity contribution in [2.45, 2.75) is 20.1 Å². The van der Waals surface area contributed by atoms with Crippen molar-refractivity contribution in [1.29, 1.82) is 0 Å². The number of halogens is 2. The molecule has 0 fully saturated rings. The number of hydrogen-bond donors (Lipinski definition) is 1. The molecule has 4 rings (SSSR count). The van der Waals surface area contributed by atoms with Crippen LogP contribution in [-0.2, 0) is 13.2 Å². The molecule has 0 atom stereocenters. The summed E-state index contributed by atoms with van der Waals surface area (Å²) >= 11 is 12.0. The van der Waals surface area contributed by atoms with Crippen LogP contribution >= 0.6 is 23.2 Å². The standard InChI is InChI=1S/C22H18Cl2N4O3/c1-14-9-17(5-7-19(14)24)30-12-18-6-8-20(31-18)21(29)26-22-25-13-28(27-22)11-15-3-2-4-16(23)10-15/h2-10,13H,11-12H2,1H3,(H,26,27,29). The number of rotatable bonds is 7. The summed E-state index contributed by atoms with van der Waals surface area (Å²) in [7, 11) is 0. The second-order valence-corrected chi connectivity index (χ2v) is 7.66. The summed E-state index contributed by atoms with van der Waals surface area (Å²) in [5.41, 5.74) is 1.89. The van der Waals surface area contributed by atoms with Crippen LogP contribution in [0.3, 0.4) is 0 Å². The highest BCUT2D eigenvalue weighted by Crippen LogP contribution is 2.22. The van der Waals surface area contributed by atoms with Gasteiger partial charge < -0.3 is 9.15 Å². The molecule has 0 spiro atoms. The van der Waals surface area contributed by atoms with Gasteiger partial charge in [-0.15, -0.1) is 5.10 Å². The van der Waals surface area contributed by atoms with Gasteiger partial charge in [-0.1, -0.05) is 35.3 Å². The van der Waals surface area contributed by atoms with E-state index in [0.717, 1.165) is 11.1 Å². The van der Waals surface area contributed by atoms with E-state index in [0.29, 0.717) is 28.1 Å². The Morgan fingerprint density at radius 3 is 2.84 bits per heavy atom. The Morgan fingerprint density at radius 1 is 1.16 bits per heavy atom. The molecule has 31 heavy (non-hydrogen) atoms. The molecule has 2 heterocycles. The second kappa shape index (κ2) is 9.24. The van der Waals surface area contributed by atoms with E-state index in [1.165, 1.54) is 6.33 Å². The monoisotopic (exact) mass is 456 g/mol. The van der Waals surface area contributed by atoms with Crippen LogP contribution in [0.1, 0.15) is 27.4 Å². The first kappa shape index (κ1) is 21.0. The fourth-order valence-corrected chi connectivity index (χ4v) is 3.18. The van der Waals surface area contributed by atoms with Gasteiger partial charge in [0, 0.05) is 10.0 Å². The van der Waals surface area contributed by atoms with Crippen LogP contribution in [0.4, 0.5) is 5.95 Å². The molecule has 9 heteroatoms. The van der Waals surface area contributed by atoms with Crippen molar-refractivity contribution in [1.82, 2.24) is 14.8 Å². The van der Waals surface area contributed by atoms with Gasteiger partial charge in [0.2, 0.25) is 5.95 Å². The zero-order chi connectivity index (χ0) is 21.8. The topological polar surface area (TPSA) is 82.2 Å². The Kier molecular flexibility index (Phi) is 6.25. The van der Waals surface area contributed by atoms with Crippen molar-refractivity contribution in [2.75, 3.05) is 5.32 Å². The first-order valence-corrected chi connectivity index (χ1v) is 10.1. The molecule has 0 aliphatic heterocycles. The molecule has 2 aromatic heterocycles. The number of furan rings is 1. The number of nitrogens with one attached hydrogen (secondary N) is 1. The third kappa shape index (κ3) is 5.45. The Hall–Kier alpha value is -3.29. The minimum absolute atomic E-state index is 0.136. The summed E-state index contributed by atoms with van der Waals surface area (Å²) in [5.74, 6) is 1.04. The second-order valence-electron chi connectivity index (χ2n) is 6.82. The van der Waals surface area contributed by atoms with E-state index < -0.39 is 5.91 Å². The zero-order valence-electron chi connectivity index (χ0n) is 16.5. The van der Waals surface area contributed by atoms with Crippen LogP contribution in [-0.4, -0.2) is 20.7 Å². The molecule has 7 nitrogen and oxygen atoms in total. The average Bonchev–Trinajstić information content (AvgIpc) is 3.38. The van der Waals surface area contributed by atoms with Gasteiger partial charge in [-0.2, -0.15) is 0 Å². The molecule has 0 radical (unpaired) electrons. The third-order valence-corrected chi connectivity index (χ3v) is 5.05. The van der Waals surface area contributed by atoms with Crippen molar-refractivity contribution in [3.63, 3.8) is 0 Å². The maximum atomic E-state index is 12.4. The number of hydrogen-bond acceptors (Lipinski definition) is 5. The number of anilines is 1. The number of ether oxygens (including phenoxy) is 1. The van der Waals surface area contributed by atoms with Gasteiger partial charge in [-0.05, 0) is 60.5 Å². The lowest BCUT2D eigenvalue weighted by Gasteiger charge is -2.06. The van der Waals surface area contributed by atoms with Gasteiger partial charge in [0.25, 0.3) is 5.91 Å². The molecule has 1 N–H and O–H groups in total. The van der Waals surface area contributed by atoms with Crippen LogP contribution in [0, 0.1) is 6.92 Å². The number of carbonyl (C=O) groups excluding carboxylic acids is 1. The fourth-order valence-electron chi connectivity index (χ4n) is 2.85. The zero-order valence-corrected chi connectivity index (χ0v) is 18.0. The van der Waals surface area contributed by atoms with E-state index in [9.17, 15) is 4.79 Å². The predicted octanol–water partition coefficient (Wildman–Crippen LogP) is 5.37. The number of nitrogens with zero attached hydrogens (tertiary/aromatic N) is 3. The number of amides is 1. The molecule has 0 saturated heterocycles. The van der Waals surface area contributed by atoms with E-state index in [1.807, 2.05) is 31.2 Å². The number of benzene rings is 2. The van der Waals surface area contributed by atoms with Crippen LogP contribution < -0.4 is 10.1 Å². The Bertz CT molecular complexity index is 1220. The average molecular weight is 457 g/mol. The van der Waals surface area contributed by atoms with E-state index in [2.05, 4.69) is 15.4 Å². The number of aromatic nitrogens is 3. The summed E-state index contributed by atoms with van der Waals surface area (Å²) in [6.07, 6.45) is 1.53. The summed E-state index contributed by atoms with van der Waals surface area (Å²) in [6.45, 7) is 2.56. The summed E-state index contributed by atoms with van der Waals surface area (Å²) in [5, 5.41) is 8.19.